The van der Waals surface area contributed by atoms with Gasteiger partial charge >= 0.3 is 0 Å². The van der Waals surface area contributed by atoms with Crippen molar-refractivity contribution in [1.82, 2.24) is 9.97 Å². The average Bonchev–Trinajstić information content (AvgIpc) is 3.19. The lowest BCUT2D eigenvalue weighted by Crippen LogP contribution is -2.59. The van der Waals surface area contributed by atoms with Gasteiger partial charge in [-0.15, -0.1) is 0 Å². The summed E-state index contributed by atoms with van der Waals surface area (Å²) in [6.07, 6.45) is 6.83. The Hall–Kier alpha value is -5.34. The summed E-state index contributed by atoms with van der Waals surface area (Å²) in [5.74, 6) is 3.86. The molecule has 2 heteroatoms. The Morgan fingerprint density at radius 2 is 0.980 bits per heavy atom. The molecule has 0 N–H and O–H groups in total. The van der Waals surface area contributed by atoms with Gasteiger partial charge in [-0.25, -0.2) is 9.97 Å². The van der Waals surface area contributed by atoms with E-state index in [0.717, 1.165) is 45.4 Å². The van der Waals surface area contributed by atoms with E-state index < -0.39 is 5.41 Å². The summed E-state index contributed by atoms with van der Waals surface area (Å²) in [5, 5.41) is 1.08. The zero-order valence-electron chi connectivity index (χ0n) is 28.8. The van der Waals surface area contributed by atoms with Crippen molar-refractivity contribution in [3.05, 3.63) is 191 Å². The highest BCUT2D eigenvalue weighted by Crippen LogP contribution is 2.70. The minimum atomic E-state index is -0.497. The minimum absolute atomic E-state index is 0.00434. The van der Waals surface area contributed by atoms with E-state index in [4.69, 9.17) is 9.97 Å². The van der Waals surface area contributed by atoms with E-state index in [-0.39, 0.29) is 5.41 Å². The first-order valence-corrected chi connectivity index (χ1v) is 18.9. The lowest BCUT2D eigenvalue weighted by Gasteiger charge is -2.65. The van der Waals surface area contributed by atoms with E-state index in [1.807, 2.05) is 0 Å². The van der Waals surface area contributed by atoms with Crippen molar-refractivity contribution in [2.24, 2.45) is 23.7 Å². The highest BCUT2D eigenvalue weighted by atomic mass is 14.9. The second-order valence-corrected chi connectivity index (χ2v) is 15.7. The molecule has 5 aliphatic carbocycles. The fourth-order valence-electron chi connectivity index (χ4n) is 11.8. The van der Waals surface area contributed by atoms with Crippen molar-refractivity contribution in [2.45, 2.75) is 42.9 Å². The van der Waals surface area contributed by atoms with Crippen LogP contribution in [0.5, 0.6) is 0 Å². The quantitative estimate of drug-likeness (QED) is 0.188. The Bertz CT molecular complexity index is 2360. The van der Waals surface area contributed by atoms with Crippen LogP contribution in [0, 0.1) is 23.7 Å². The largest absolute Gasteiger partial charge is 0.228 e. The van der Waals surface area contributed by atoms with Gasteiger partial charge in [0, 0.05) is 21.9 Å². The number of benzene rings is 6. The molecule has 2 nitrogen and oxygen atoms in total. The molecule has 7 aromatic rings. The Kier molecular flexibility index (Phi) is 6.39. The van der Waals surface area contributed by atoms with Crippen molar-refractivity contribution in [3.8, 4) is 22.6 Å². The fourth-order valence-corrected chi connectivity index (χ4v) is 11.8. The third kappa shape index (κ3) is 4.05. The molecule has 1 aromatic heterocycles. The van der Waals surface area contributed by atoms with Gasteiger partial charge in [-0.05, 0) is 101 Å². The molecule has 4 fully saturated rings. The number of aromatic nitrogens is 2. The summed E-state index contributed by atoms with van der Waals surface area (Å²) in [7, 11) is 0. The van der Waals surface area contributed by atoms with E-state index in [1.54, 1.807) is 5.56 Å². The molecule has 12 rings (SSSR count). The van der Waals surface area contributed by atoms with Crippen molar-refractivity contribution in [2.75, 3.05) is 0 Å². The van der Waals surface area contributed by atoms with Gasteiger partial charge in [0.25, 0.3) is 0 Å². The topological polar surface area (TPSA) is 25.8 Å². The summed E-state index contributed by atoms with van der Waals surface area (Å²) in [5.41, 5.74) is 12.2. The zero-order chi connectivity index (χ0) is 33.6. The van der Waals surface area contributed by atoms with Gasteiger partial charge in [0.1, 0.15) is 0 Å². The third-order valence-corrected chi connectivity index (χ3v) is 13.4. The molecule has 6 aromatic carbocycles. The van der Waals surface area contributed by atoms with Gasteiger partial charge < -0.3 is 0 Å². The van der Waals surface area contributed by atoms with Crippen LogP contribution >= 0.6 is 0 Å². The molecule has 4 bridgehead atoms. The normalized spacial score (nSPS) is 25.1. The van der Waals surface area contributed by atoms with Crippen LogP contribution in [0.15, 0.2) is 158 Å². The van der Waals surface area contributed by atoms with Crippen LogP contribution in [-0.2, 0) is 10.8 Å². The van der Waals surface area contributed by atoms with Gasteiger partial charge in [0.2, 0.25) is 0 Å². The first kappa shape index (κ1) is 29.4. The Morgan fingerprint density at radius 1 is 0.431 bits per heavy atom. The van der Waals surface area contributed by atoms with Gasteiger partial charge in [0.15, 0.2) is 5.82 Å². The summed E-state index contributed by atoms with van der Waals surface area (Å²) in [6.45, 7) is 0. The van der Waals surface area contributed by atoms with Gasteiger partial charge in [0.05, 0.1) is 16.6 Å². The highest BCUT2D eigenvalue weighted by molar-refractivity contribution is 5.93. The first-order chi connectivity index (χ1) is 25.2. The molecule has 4 saturated carbocycles. The SMILES string of the molecule is c1ccc(-c2nc(-c3ccc4c(c3)C(c3ccccc3)(c3ccccc3)c3ccccc3C43C4CC5CC(C4)CC3C5)nc3ccccc23)cc1. The van der Waals surface area contributed by atoms with Crippen molar-refractivity contribution >= 4 is 10.9 Å². The molecular formula is C49H40N2. The Labute approximate surface area is 300 Å². The lowest BCUT2D eigenvalue weighted by atomic mass is 9.38. The predicted molar refractivity (Wildman–Crippen MR) is 207 cm³/mol. The number of rotatable bonds is 4. The zero-order valence-corrected chi connectivity index (χ0v) is 28.8. The van der Waals surface area contributed by atoms with E-state index in [1.165, 1.54) is 59.9 Å². The number of nitrogens with zero attached hydrogens (tertiary/aromatic N) is 2. The number of hydrogen-bond donors (Lipinski definition) is 0. The molecule has 0 atom stereocenters. The highest BCUT2D eigenvalue weighted by Gasteiger charge is 2.63. The standard InChI is InChI=1S/C49H40N2/c1-4-14-34(15-5-1)46-40-20-10-13-23-45(40)50-47(51-46)35-24-25-43-44(31-35)48(36-16-6-2-7-17-36,37-18-8-3-9-19-37)41-21-11-12-22-42(41)49(43)38-27-32-26-33(29-38)30-39(49)28-32/h1-25,31-33,38-39H,26-30H2. The van der Waals surface area contributed by atoms with Crippen LogP contribution in [0.2, 0.25) is 0 Å². The Balaban J connectivity index is 1.25. The Morgan fingerprint density at radius 3 is 1.65 bits per heavy atom. The van der Waals surface area contributed by atoms with Crippen molar-refractivity contribution in [3.63, 3.8) is 0 Å². The van der Waals surface area contributed by atoms with Gasteiger partial charge in [-0.3, -0.25) is 0 Å². The maximum Gasteiger partial charge on any atom is 0.160 e. The molecule has 0 amide bonds. The summed E-state index contributed by atoms with van der Waals surface area (Å²) in [4.78, 5) is 10.7. The number of hydrogen-bond acceptors (Lipinski definition) is 2. The molecule has 5 aliphatic rings. The fraction of sp³-hybridized carbons (Fsp3) is 0.224. The van der Waals surface area contributed by atoms with Gasteiger partial charge in [-0.1, -0.05) is 146 Å². The molecule has 0 unspecified atom stereocenters. The van der Waals surface area contributed by atoms with Crippen LogP contribution < -0.4 is 0 Å². The number of para-hydroxylation sites is 1. The molecule has 0 saturated heterocycles. The number of fused-ring (bicyclic) bond motifs is 3. The third-order valence-electron chi connectivity index (χ3n) is 13.4. The smallest absolute Gasteiger partial charge is 0.160 e. The van der Waals surface area contributed by atoms with Crippen LogP contribution in [0.4, 0.5) is 0 Å². The summed E-state index contributed by atoms with van der Waals surface area (Å²) >= 11 is 0. The second kappa shape index (κ2) is 11.1. The molecule has 0 aliphatic heterocycles. The van der Waals surface area contributed by atoms with E-state index >= 15 is 0 Å². The molecule has 246 valence electrons. The molecule has 1 heterocycles. The lowest BCUT2D eigenvalue weighted by molar-refractivity contribution is -0.0440. The molecule has 0 radical (unpaired) electrons. The van der Waals surface area contributed by atoms with Gasteiger partial charge in [-0.2, -0.15) is 0 Å². The van der Waals surface area contributed by atoms with E-state index in [2.05, 4.69) is 158 Å². The summed E-state index contributed by atoms with van der Waals surface area (Å²) < 4.78 is 0. The monoisotopic (exact) mass is 656 g/mol. The molecule has 51 heavy (non-hydrogen) atoms. The molecular weight excluding hydrogens is 617 g/mol. The molecule has 1 spiro atoms. The van der Waals surface area contributed by atoms with Crippen molar-refractivity contribution in [1.29, 1.82) is 0 Å². The first-order valence-electron chi connectivity index (χ1n) is 18.9. The predicted octanol–water partition coefficient (Wildman–Crippen LogP) is 11.4. The van der Waals surface area contributed by atoms with Crippen LogP contribution in [0.3, 0.4) is 0 Å². The van der Waals surface area contributed by atoms with Crippen LogP contribution in [0.25, 0.3) is 33.5 Å². The van der Waals surface area contributed by atoms with E-state index in [0.29, 0.717) is 11.8 Å². The van der Waals surface area contributed by atoms with Crippen molar-refractivity contribution < 1.29 is 0 Å². The maximum atomic E-state index is 5.39. The van der Waals surface area contributed by atoms with Crippen LogP contribution in [0.1, 0.15) is 65.5 Å². The van der Waals surface area contributed by atoms with E-state index in [9.17, 15) is 0 Å². The second-order valence-electron chi connectivity index (χ2n) is 15.7. The average molecular weight is 657 g/mol. The maximum absolute atomic E-state index is 5.39. The summed E-state index contributed by atoms with van der Waals surface area (Å²) in [6, 6.07) is 58.7. The minimum Gasteiger partial charge on any atom is -0.228 e. The van der Waals surface area contributed by atoms with Crippen LogP contribution in [-0.4, -0.2) is 9.97 Å².